The average molecular weight is 423 g/mol. The van der Waals surface area contributed by atoms with Crippen LogP contribution in [0.25, 0.3) is 27.3 Å². The number of rotatable bonds is 4. The predicted octanol–water partition coefficient (Wildman–Crippen LogP) is 3.63. The van der Waals surface area contributed by atoms with Crippen LogP contribution in [0.4, 0.5) is 13.2 Å². The highest BCUT2D eigenvalue weighted by atomic mass is 32.2. The fourth-order valence-electron chi connectivity index (χ4n) is 2.65. The number of halogens is 3. The van der Waals surface area contributed by atoms with Crippen molar-refractivity contribution in [2.24, 2.45) is 5.84 Å². The Morgan fingerprint density at radius 2 is 1.79 bits per heavy atom. The standard InChI is InChI=1S/C17H12F3N5OS2/c18-17(19,20)13-3-1-2-12(8-13)10-4-6-11(7-5-10)14-9-25-15(22-14)27-16(23-25)28(26)24-21/h1-9,24H,21H2. The van der Waals surface area contributed by atoms with Gasteiger partial charge < -0.3 is 0 Å². The number of nitrogens with one attached hydrogen (secondary N) is 1. The predicted molar refractivity (Wildman–Crippen MR) is 100 cm³/mol. The van der Waals surface area contributed by atoms with Gasteiger partial charge in [0, 0.05) is 5.56 Å². The van der Waals surface area contributed by atoms with Crippen LogP contribution >= 0.6 is 11.3 Å². The molecule has 6 nitrogen and oxygen atoms in total. The smallest absolute Gasteiger partial charge is 0.259 e. The Kier molecular flexibility index (Phi) is 4.75. The van der Waals surface area contributed by atoms with Gasteiger partial charge >= 0.3 is 6.18 Å². The average Bonchev–Trinajstić information content (AvgIpc) is 3.26. The molecule has 0 bridgehead atoms. The summed E-state index contributed by atoms with van der Waals surface area (Å²) in [6, 6.07) is 12.2. The molecule has 0 spiro atoms. The molecule has 144 valence electrons. The third-order valence-corrected chi connectivity index (χ3v) is 6.03. The molecule has 0 aliphatic heterocycles. The van der Waals surface area contributed by atoms with Gasteiger partial charge in [0.2, 0.25) is 9.30 Å². The van der Waals surface area contributed by atoms with Gasteiger partial charge in [0.25, 0.3) is 0 Å². The molecule has 11 heteroatoms. The van der Waals surface area contributed by atoms with Crippen molar-refractivity contribution in [3.63, 3.8) is 0 Å². The summed E-state index contributed by atoms with van der Waals surface area (Å²) in [4.78, 5) is 7.11. The van der Waals surface area contributed by atoms with E-state index >= 15 is 0 Å². The number of nitrogens with two attached hydrogens (primary N) is 1. The Bertz CT molecular complexity index is 1140. The van der Waals surface area contributed by atoms with Crippen LogP contribution in [0.3, 0.4) is 0 Å². The van der Waals surface area contributed by atoms with Crippen molar-refractivity contribution in [2.75, 3.05) is 0 Å². The largest absolute Gasteiger partial charge is 0.416 e. The van der Waals surface area contributed by atoms with Gasteiger partial charge in [0.05, 0.1) is 17.5 Å². The van der Waals surface area contributed by atoms with Crippen LogP contribution in [-0.4, -0.2) is 18.8 Å². The summed E-state index contributed by atoms with van der Waals surface area (Å²) in [5.41, 5.74) is 1.89. The maximum Gasteiger partial charge on any atom is 0.416 e. The van der Waals surface area contributed by atoms with Gasteiger partial charge in [-0.1, -0.05) is 47.7 Å². The molecule has 0 aliphatic carbocycles. The van der Waals surface area contributed by atoms with E-state index in [-0.39, 0.29) is 0 Å². The van der Waals surface area contributed by atoms with E-state index in [0.717, 1.165) is 29.0 Å². The third-order valence-electron chi connectivity index (χ3n) is 3.99. The maximum atomic E-state index is 12.9. The number of nitrogens with zero attached hydrogens (tertiary/aromatic N) is 3. The molecule has 1 unspecified atom stereocenters. The second-order valence-corrected chi connectivity index (χ2v) is 8.14. The summed E-state index contributed by atoms with van der Waals surface area (Å²) in [6.45, 7) is 0. The van der Waals surface area contributed by atoms with E-state index in [1.807, 2.05) is 0 Å². The van der Waals surface area contributed by atoms with Crippen molar-refractivity contribution in [1.82, 2.24) is 19.4 Å². The van der Waals surface area contributed by atoms with Crippen molar-refractivity contribution in [2.45, 2.75) is 10.5 Å². The van der Waals surface area contributed by atoms with Crippen LogP contribution in [0, 0.1) is 0 Å². The molecule has 4 rings (SSSR count). The number of fused-ring (bicyclic) bond motifs is 1. The van der Waals surface area contributed by atoms with Gasteiger partial charge in [0.1, 0.15) is 0 Å². The molecule has 1 atom stereocenters. The quantitative estimate of drug-likeness (QED) is 0.388. The van der Waals surface area contributed by atoms with E-state index < -0.39 is 22.7 Å². The summed E-state index contributed by atoms with van der Waals surface area (Å²) in [6.07, 6.45) is -2.70. The molecule has 0 saturated heterocycles. The Balaban J connectivity index is 1.62. The van der Waals surface area contributed by atoms with Gasteiger partial charge in [-0.25, -0.2) is 13.7 Å². The molecule has 28 heavy (non-hydrogen) atoms. The number of hydrazine groups is 1. The van der Waals surface area contributed by atoms with Gasteiger partial charge in [-0.15, -0.1) is 5.10 Å². The molecule has 3 N–H and O–H groups in total. The van der Waals surface area contributed by atoms with E-state index in [1.165, 1.54) is 10.6 Å². The number of alkyl halides is 3. The Labute approximate surface area is 163 Å². The molecule has 2 aromatic carbocycles. The summed E-state index contributed by atoms with van der Waals surface area (Å²) >= 11 is 1.14. The van der Waals surface area contributed by atoms with E-state index in [2.05, 4.69) is 14.9 Å². The molecule has 4 aromatic rings. The fraction of sp³-hybridized carbons (Fsp3) is 0.0588. The van der Waals surface area contributed by atoms with Gasteiger partial charge in [-0.2, -0.15) is 18.0 Å². The van der Waals surface area contributed by atoms with Crippen LogP contribution in [-0.2, 0) is 17.2 Å². The second kappa shape index (κ2) is 7.09. The van der Waals surface area contributed by atoms with E-state index in [0.29, 0.717) is 26.1 Å². The topological polar surface area (TPSA) is 85.3 Å². The summed E-state index contributed by atoms with van der Waals surface area (Å²) in [5.74, 6) is 5.14. The van der Waals surface area contributed by atoms with Gasteiger partial charge in [-0.3, -0.25) is 5.84 Å². The van der Waals surface area contributed by atoms with Crippen molar-refractivity contribution >= 4 is 27.3 Å². The van der Waals surface area contributed by atoms with Gasteiger partial charge in [-0.05, 0) is 23.3 Å². The van der Waals surface area contributed by atoms with Crippen LogP contribution in [0.1, 0.15) is 5.56 Å². The van der Waals surface area contributed by atoms with Crippen LogP contribution < -0.4 is 10.7 Å². The molecule has 0 aliphatic rings. The zero-order chi connectivity index (χ0) is 19.9. The molecule has 0 saturated carbocycles. The van der Waals surface area contributed by atoms with Crippen molar-refractivity contribution in [3.05, 3.63) is 60.3 Å². The lowest BCUT2D eigenvalue weighted by Crippen LogP contribution is -2.24. The first-order valence-corrected chi connectivity index (χ1v) is 9.84. The van der Waals surface area contributed by atoms with E-state index in [4.69, 9.17) is 5.84 Å². The number of imidazole rings is 1. The lowest BCUT2D eigenvalue weighted by Gasteiger charge is -2.09. The lowest BCUT2D eigenvalue weighted by molar-refractivity contribution is -0.137. The molecular weight excluding hydrogens is 411 g/mol. The lowest BCUT2D eigenvalue weighted by atomic mass is 10.0. The minimum atomic E-state index is -4.38. The fourth-order valence-corrected chi connectivity index (χ4v) is 4.20. The monoisotopic (exact) mass is 423 g/mol. The van der Waals surface area contributed by atoms with Crippen molar-refractivity contribution in [3.8, 4) is 22.4 Å². The highest BCUT2D eigenvalue weighted by Gasteiger charge is 2.30. The van der Waals surface area contributed by atoms with Crippen molar-refractivity contribution < 1.29 is 17.4 Å². The van der Waals surface area contributed by atoms with Crippen LogP contribution in [0.2, 0.25) is 0 Å². The zero-order valence-corrected chi connectivity index (χ0v) is 15.6. The van der Waals surface area contributed by atoms with Crippen molar-refractivity contribution in [1.29, 1.82) is 0 Å². The highest BCUT2D eigenvalue weighted by Crippen LogP contribution is 2.33. The SMILES string of the molecule is NNS(=O)c1nn2cc(-c3ccc(-c4cccc(C(F)(F)F)c4)cc3)nc2s1. The third kappa shape index (κ3) is 3.56. The minimum Gasteiger partial charge on any atom is -0.259 e. The molecular formula is C17H12F3N5OS2. The Morgan fingerprint density at radius 1 is 1.07 bits per heavy atom. The number of hydrogen-bond acceptors (Lipinski definition) is 5. The van der Waals surface area contributed by atoms with E-state index in [9.17, 15) is 17.4 Å². The second-order valence-electron chi connectivity index (χ2n) is 5.76. The molecule has 0 fully saturated rings. The first kappa shape index (κ1) is 18.7. The van der Waals surface area contributed by atoms with Crippen LogP contribution in [0.5, 0.6) is 0 Å². The van der Waals surface area contributed by atoms with E-state index in [1.54, 1.807) is 36.5 Å². The number of benzene rings is 2. The van der Waals surface area contributed by atoms with Crippen LogP contribution in [0.15, 0.2) is 59.1 Å². The highest BCUT2D eigenvalue weighted by molar-refractivity contribution is 7.85. The molecule has 2 aromatic heterocycles. The summed E-state index contributed by atoms with van der Waals surface area (Å²) in [5, 5.41) is 4.15. The molecule has 2 heterocycles. The minimum absolute atomic E-state index is 0.302. The summed E-state index contributed by atoms with van der Waals surface area (Å²) < 4.78 is 52.1. The first-order valence-electron chi connectivity index (χ1n) is 7.87. The Hall–Kier alpha value is -2.60. The maximum absolute atomic E-state index is 12.9. The number of aromatic nitrogens is 3. The zero-order valence-electron chi connectivity index (χ0n) is 14.0. The Morgan fingerprint density at radius 3 is 2.43 bits per heavy atom. The first-order chi connectivity index (χ1) is 13.3. The van der Waals surface area contributed by atoms with Gasteiger partial charge in [0.15, 0.2) is 11.0 Å². The normalized spacial score (nSPS) is 13.1. The summed E-state index contributed by atoms with van der Waals surface area (Å²) in [7, 11) is -1.59. The number of hydrogen-bond donors (Lipinski definition) is 2. The molecule has 0 amide bonds. The molecule has 0 radical (unpaired) electrons.